The highest BCUT2D eigenvalue weighted by atomic mass is 16.2. The molecule has 1 aliphatic heterocycles. The molecular formula is C19H22N4O2. The lowest BCUT2D eigenvalue weighted by Crippen LogP contribution is -2.44. The summed E-state index contributed by atoms with van der Waals surface area (Å²) >= 11 is 0. The van der Waals surface area contributed by atoms with Gasteiger partial charge in [0.25, 0.3) is 5.91 Å². The van der Waals surface area contributed by atoms with Gasteiger partial charge in [0.2, 0.25) is 5.91 Å². The first kappa shape index (κ1) is 17.1. The van der Waals surface area contributed by atoms with Crippen LogP contribution in [0.2, 0.25) is 0 Å². The van der Waals surface area contributed by atoms with Crippen molar-refractivity contribution in [2.24, 2.45) is 5.92 Å². The van der Waals surface area contributed by atoms with Gasteiger partial charge in [-0.25, -0.2) is 9.97 Å². The number of rotatable bonds is 3. The normalized spacial score (nSPS) is 17.2. The summed E-state index contributed by atoms with van der Waals surface area (Å²) in [4.78, 5) is 35.5. The molecule has 6 heteroatoms. The number of likely N-dealkylation sites (tertiary alicyclic amines) is 1. The number of aromatic nitrogens is 2. The fourth-order valence-corrected chi connectivity index (χ4v) is 3.04. The maximum atomic E-state index is 12.6. The van der Waals surface area contributed by atoms with E-state index in [4.69, 9.17) is 0 Å². The standard InChI is InChI=1S/C19H22N4O2/c1-13-6-3-9-16(20-13)19(25)23-11-5-8-15(12-23)18(24)22-17-10-4-7-14(2)21-17/h3-4,6-7,9-10,15H,5,8,11-12H2,1-2H3,(H,21,22,24). The molecule has 0 radical (unpaired) electrons. The average Bonchev–Trinajstić information content (AvgIpc) is 2.61. The number of anilines is 1. The highest BCUT2D eigenvalue weighted by Crippen LogP contribution is 2.20. The van der Waals surface area contributed by atoms with Crippen LogP contribution in [-0.4, -0.2) is 39.8 Å². The molecule has 1 saturated heterocycles. The van der Waals surface area contributed by atoms with E-state index in [1.807, 2.05) is 38.1 Å². The van der Waals surface area contributed by atoms with Crippen molar-refractivity contribution >= 4 is 17.6 Å². The first-order valence-electron chi connectivity index (χ1n) is 8.50. The van der Waals surface area contributed by atoms with Crippen molar-refractivity contribution in [3.8, 4) is 0 Å². The van der Waals surface area contributed by atoms with Gasteiger partial charge in [0.15, 0.2) is 0 Å². The van der Waals surface area contributed by atoms with Crippen molar-refractivity contribution in [3.63, 3.8) is 0 Å². The second-order valence-corrected chi connectivity index (χ2v) is 6.41. The molecule has 6 nitrogen and oxygen atoms in total. The van der Waals surface area contributed by atoms with Gasteiger partial charge >= 0.3 is 0 Å². The Labute approximate surface area is 147 Å². The molecule has 0 spiro atoms. The lowest BCUT2D eigenvalue weighted by molar-refractivity contribution is -0.121. The van der Waals surface area contributed by atoms with Crippen LogP contribution >= 0.6 is 0 Å². The molecule has 130 valence electrons. The molecule has 1 N–H and O–H groups in total. The molecule has 1 unspecified atom stereocenters. The second-order valence-electron chi connectivity index (χ2n) is 6.41. The van der Waals surface area contributed by atoms with Crippen molar-refractivity contribution < 1.29 is 9.59 Å². The highest BCUT2D eigenvalue weighted by Gasteiger charge is 2.29. The number of piperidine rings is 1. The van der Waals surface area contributed by atoms with Gasteiger partial charge in [-0.3, -0.25) is 9.59 Å². The lowest BCUT2D eigenvalue weighted by Gasteiger charge is -2.31. The molecule has 1 aliphatic rings. The maximum absolute atomic E-state index is 12.6. The summed E-state index contributed by atoms with van der Waals surface area (Å²) in [6.45, 7) is 4.80. The highest BCUT2D eigenvalue weighted by molar-refractivity contribution is 5.95. The van der Waals surface area contributed by atoms with E-state index in [1.54, 1.807) is 17.0 Å². The van der Waals surface area contributed by atoms with Crippen LogP contribution in [0.5, 0.6) is 0 Å². The zero-order valence-corrected chi connectivity index (χ0v) is 14.5. The Hall–Kier alpha value is -2.76. The number of pyridine rings is 2. The molecule has 2 aromatic rings. The summed E-state index contributed by atoms with van der Waals surface area (Å²) in [6, 6.07) is 10.9. The molecule has 0 saturated carbocycles. The number of carbonyl (C=O) groups is 2. The topological polar surface area (TPSA) is 75.2 Å². The zero-order valence-electron chi connectivity index (χ0n) is 14.5. The molecule has 0 aliphatic carbocycles. The Morgan fingerprint density at radius 3 is 2.52 bits per heavy atom. The number of aryl methyl sites for hydroxylation is 2. The molecule has 2 aromatic heterocycles. The molecule has 2 amide bonds. The molecule has 3 heterocycles. The van der Waals surface area contributed by atoms with Crippen LogP contribution in [0, 0.1) is 19.8 Å². The second kappa shape index (κ2) is 7.42. The Bertz CT molecular complexity index is 790. The number of carbonyl (C=O) groups excluding carboxylic acids is 2. The van der Waals surface area contributed by atoms with Crippen LogP contribution < -0.4 is 5.32 Å². The van der Waals surface area contributed by atoms with E-state index in [0.29, 0.717) is 24.6 Å². The summed E-state index contributed by atoms with van der Waals surface area (Å²) in [7, 11) is 0. The lowest BCUT2D eigenvalue weighted by atomic mass is 9.97. The molecule has 25 heavy (non-hydrogen) atoms. The number of amides is 2. The van der Waals surface area contributed by atoms with Crippen molar-refractivity contribution in [2.45, 2.75) is 26.7 Å². The molecule has 1 fully saturated rings. The number of nitrogens with one attached hydrogen (secondary N) is 1. The minimum atomic E-state index is -0.232. The summed E-state index contributed by atoms with van der Waals surface area (Å²) < 4.78 is 0. The van der Waals surface area contributed by atoms with Crippen LogP contribution in [0.3, 0.4) is 0 Å². The van der Waals surface area contributed by atoms with Gasteiger partial charge < -0.3 is 10.2 Å². The predicted octanol–water partition coefficient (Wildman–Crippen LogP) is 2.58. The third-order valence-corrected chi connectivity index (χ3v) is 4.33. The number of hydrogen-bond acceptors (Lipinski definition) is 4. The van der Waals surface area contributed by atoms with Gasteiger partial charge in [-0.2, -0.15) is 0 Å². The predicted molar refractivity (Wildman–Crippen MR) is 95.2 cm³/mol. The van der Waals surface area contributed by atoms with Crippen molar-refractivity contribution in [3.05, 3.63) is 53.5 Å². The Balaban J connectivity index is 1.66. The van der Waals surface area contributed by atoms with E-state index >= 15 is 0 Å². The first-order chi connectivity index (χ1) is 12.0. The van der Waals surface area contributed by atoms with Gasteiger partial charge in [-0.05, 0) is 51.0 Å². The first-order valence-corrected chi connectivity index (χ1v) is 8.50. The fraction of sp³-hybridized carbons (Fsp3) is 0.368. The van der Waals surface area contributed by atoms with Crippen LogP contribution in [0.1, 0.15) is 34.7 Å². The van der Waals surface area contributed by atoms with Crippen LogP contribution in [0.15, 0.2) is 36.4 Å². The third kappa shape index (κ3) is 4.21. The third-order valence-electron chi connectivity index (χ3n) is 4.33. The van der Waals surface area contributed by atoms with Gasteiger partial charge in [0, 0.05) is 24.5 Å². The van der Waals surface area contributed by atoms with Gasteiger partial charge in [-0.15, -0.1) is 0 Å². The minimum absolute atomic E-state index is 0.0900. The van der Waals surface area contributed by atoms with Gasteiger partial charge in [-0.1, -0.05) is 12.1 Å². The zero-order chi connectivity index (χ0) is 17.8. The van der Waals surface area contributed by atoms with Crippen LogP contribution in [0.4, 0.5) is 5.82 Å². The molecule has 0 bridgehead atoms. The Kier molecular flexibility index (Phi) is 5.07. The van der Waals surface area contributed by atoms with Crippen LogP contribution in [0.25, 0.3) is 0 Å². The maximum Gasteiger partial charge on any atom is 0.272 e. The number of nitrogens with zero attached hydrogens (tertiary/aromatic N) is 3. The average molecular weight is 338 g/mol. The van der Waals surface area contributed by atoms with E-state index in [0.717, 1.165) is 24.2 Å². The molecular weight excluding hydrogens is 316 g/mol. The molecule has 1 atom stereocenters. The summed E-state index contributed by atoms with van der Waals surface area (Å²) in [5.41, 5.74) is 2.09. The molecule has 3 rings (SSSR count). The SMILES string of the molecule is Cc1cccc(NC(=O)C2CCCN(C(=O)c3cccc(C)n3)C2)n1. The van der Waals surface area contributed by atoms with Gasteiger partial charge in [0.05, 0.1) is 5.92 Å². The Morgan fingerprint density at radius 2 is 1.80 bits per heavy atom. The van der Waals surface area contributed by atoms with E-state index in [9.17, 15) is 9.59 Å². The summed E-state index contributed by atoms with van der Waals surface area (Å²) in [6.07, 6.45) is 1.57. The van der Waals surface area contributed by atoms with Crippen molar-refractivity contribution in [1.29, 1.82) is 0 Å². The summed E-state index contributed by atoms with van der Waals surface area (Å²) in [5.74, 6) is 0.112. The van der Waals surface area contributed by atoms with Crippen molar-refractivity contribution in [2.75, 3.05) is 18.4 Å². The van der Waals surface area contributed by atoms with Crippen LogP contribution in [-0.2, 0) is 4.79 Å². The fourth-order valence-electron chi connectivity index (χ4n) is 3.04. The van der Waals surface area contributed by atoms with Crippen molar-refractivity contribution in [1.82, 2.24) is 14.9 Å². The monoisotopic (exact) mass is 338 g/mol. The minimum Gasteiger partial charge on any atom is -0.337 e. The number of hydrogen-bond donors (Lipinski definition) is 1. The van der Waals surface area contributed by atoms with E-state index in [-0.39, 0.29) is 17.7 Å². The summed E-state index contributed by atoms with van der Waals surface area (Å²) in [5, 5.41) is 2.86. The van der Waals surface area contributed by atoms with Gasteiger partial charge in [0.1, 0.15) is 11.5 Å². The Morgan fingerprint density at radius 1 is 1.08 bits per heavy atom. The van der Waals surface area contributed by atoms with E-state index in [1.165, 1.54) is 0 Å². The van der Waals surface area contributed by atoms with E-state index < -0.39 is 0 Å². The molecule has 0 aromatic carbocycles. The quantitative estimate of drug-likeness (QED) is 0.933. The largest absolute Gasteiger partial charge is 0.337 e. The smallest absolute Gasteiger partial charge is 0.272 e. The van der Waals surface area contributed by atoms with E-state index in [2.05, 4.69) is 15.3 Å².